The molecular weight excluding hydrogens is 212 g/mol. The van der Waals surface area contributed by atoms with Gasteiger partial charge in [0.15, 0.2) is 0 Å². The fraction of sp³-hybridized carbons (Fsp3) is 0.714. The zero-order chi connectivity index (χ0) is 11.7. The number of fused-ring (bicyclic) bond motifs is 1. The van der Waals surface area contributed by atoms with Gasteiger partial charge in [0.25, 0.3) is 0 Å². The average molecular weight is 234 g/mol. The Kier molecular flexibility index (Phi) is 3.21. The highest BCUT2D eigenvalue weighted by molar-refractivity contribution is 5.30. The second-order valence-corrected chi connectivity index (χ2v) is 5.43. The van der Waals surface area contributed by atoms with Crippen LogP contribution >= 0.6 is 0 Å². The summed E-state index contributed by atoms with van der Waals surface area (Å²) >= 11 is 0. The summed E-state index contributed by atoms with van der Waals surface area (Å²) in [7, 11) is 2.06. The lowest BCUT2D eigenvalue weighted by atomic mass is 9.91. The molecule has 0 spiro atoms. The number of ether oxygens (including phenoxy) is 1. The normalized spacial score (nSPS) is 23.7. The van der Waals surface area contributed by atoms with E-state index >= 15 is 0 Å². The van der Waals surface area contributed by atoms with Gasteiger partial charge in [-0.3, -0.25) is 0 Å². The summed E-state index contributed by atoms with van der Waals surface area (Å²) in [6, 6.07) is 0.545. The Bertz CT molecular complexity index is 382. The van der Waals surface area contributed by atoms with Gasteiger partial charge in [-0.2, -0.15) is 0 Å². The summed E-state index contributed by atoms with van der Waals surface area (Å²) in [5.74, 6) is 0.852. The van der Waals surface area contributed by atoms with Crippen LogP contribution in [0.5, 0.6) is 0 Å². The van der Waals surface area contributed by atoms with Crippen molar-refractivity contribution in [2.24, 2.45) is 5.92 Å². The zero-order valence-electron chi connectivity index (χ0n) is 10.6. The van der Waals surface area contributed by atoms with E-state index < -0.39 is 0 Å². The Morgan fingerprint density at radius 2 is 2.24 bits per heavy atom. The Morgan fingerprint density at radius 1 is 1.35 bits per heavy atom. The minimum Gasteiger partial charge on any atom is -0.361 e. The minimum absolute atomic E-state index is 0.545. The molecule has 0 aromatic carbocycles. The number of aryl methyl sites for hydroxylation is 1. The van der Waals surface area contributed by atoms with E-state index in [4.69, 9.17) is 4.74 Å². The van der Waals surface area contributed by atoms with Gasteiger partial charge in [0.1, 0.15) is 6.73 Å². The smallest absolute Gasteiger partial charge is 0.122 e. The lowest BCUT2D eigenvalue weighted by molar-refractivity contribution is 0.0691. The van der Waals surface area contributed by atoms with Gasteiger partial charge >= 0.3 is 0 Å². The molecule has 2 aliphatic carbocycles. The molecule has 2 aliphatic rings. The number of hydrogen-bond acceptors (Lipinski definition) is 2. The third-order valence-corrected chi connectivity index (χ3v) is 3.95. The predicted molar refractivity (Wildman–Crippen MR) is 67.8 cm³/mol. The van der Waals surface area contributed by atoms with Gasteiger partial charge < -0.3 is 14.6 Å². The maximum Gasteiger partial charge on any atom is 0.122 e. The summed E-state index contributed by atoms with van der Waals surface area (Å²) in [4.78, 5) is 0. The van der Waals surface area contributed by atoms with E-state index in [0.29, 0.717) is 6.04 Å². The van der Waals surface area contributed by atoms with E-state index in [9.17, 15) is 0 Å². The molecule has 0 aliphatic heterocycles. The maximum atomic E-state index is 5.73. The molecule has 1 N–H and O–H groups in total. The van der Waals surface area contributed by atoms with Gasteiger partial charge in [-0.25, -0.2) is 0 Å². The van der Waals surface area contributed by atoms with Crippen LogP contribution < -0.4 is 5.32 Å². The molecule has 0 saturated heterocycles. The van der Waals surface area contributed by atoms with E-state index in [-0.39, 0.29) is 0 Å². The topological polar surface area (TPSA) is 26.2 Å². The van der Waals surface area contributed by atoms with Crippen molar-refractivity contribution in [3.05, 3.63) is 23.5 Å². The molecule has 1 saturated carbocycles. The van der Waals surface area contributed by atoms with Gasteiger partial charge in [0.05, 0.1) is 6.61 Å². The van der Waals surface area contributed by atoms with Gasteiger partial charge in [0, 0.05) is 18.4 Å². The fourth-order valence-corrected chi connectivity index (χ4v) is 2.73. The van der Waals surface area contributed by atoms with Crippen molar-refractivity contribution in [1.82, 2.24) is 9.88 Å². The average Bonchev–Trinajstić information content (AvgIpc) is 3.06. The molecule has 17 heavy (non-hydrogen) atoms. The first-order valence-electron chi connectivity index (χ1n) is 6.80. The van der Waals surface area contributed by atoms with Gasteiger partial charge in [0.2, 0.25) is 0 Å². The van der Waals surface area contributed by atoms with Crippen molar-refractivity contribution in [2.75, 3.05) is 13.7 Å². The van der Waals surface area contributed by atoms with Crippen molar-refractivity contribution in [2.45, 2.75) is 44.9 Å². The maximum absolute atomic E-state index is 5.73. The summed E-state index contributed by atoms with van der Waals surface area (Å²) in [6.45, 7) is 1.66. The van der Waals surface area contributed by atoms with E-state index in [1.807, 2.05) is 0 Å². The predicted octanol–water partition coefficient (Wildman–Crippen LogP) is 2.47. The molecule has 1 heterocycles. The molecule has 0 radical (unpaired) electrons. The number of nitrogens with zero attached hydrogens (tertiary/aromatic N) is 1. The Hall–Kier alpha value is -0.800. The lowest BCUT2D eigenvalue weighted by Crippen LogP contribution is -2.20. The first-order chi connectivity index (χ1) is 8.36. The number of hydrogen-bond donors (Lipinski definition) is 1. The second kappa shape index (κ2) is 4.83. The summed E-state index contributed by atoms with van der Waals surface area (Å²) < 4.78 is 7.94. The van der Waals surface area contributed by atoms with Crippen molar-refractivity contribution in [3.8, 4) is 0 Å². The minimum atomic E-state index is 0.545. The molecule has 3 nitrogen and oxygen atoms in total. The lowest BCUT2D eigenvalue weighted by Gasteiger charge is -2.21. The molecular formula is C14H22N2O. The summed E-state index contributed by atoms with van der Waals surface area (Å²) in [5, 5.41) is 3.40. The van der Waals surface area contributed by atoms with Crippen LogP contribution in [0.25, 0.3) is 0 Å². The molecule has 1 aromatic rings. The Balaban J connectivity index is 1.62. The highest BCUT2D eigenvalue weighted by Crippen LogP contribution is 2.31. The van der Waals surface area contributed by atoms with Crippen molar-refractivity contribution in [3.63, 3.8) is 0 Å². The van der Waals surface area contributed by atoms with E-state index in [0.717, 1.165) is 19.3 Å². The molecule has 1 fully saturated rings. The van der Waals surface area contributed by atoms with Gasteiger partial charge in [-0.05, 0) is 56.2 Å². The van der Waals surface area contributed by atoms with Crippen LogP contribution in [0.2, 0.25) is 0 Å². The molecule has 0 amide bonds. The largest absolute Gasteiger partial charge is 0.361 e. The van der Waals surface area contributed by atoms with Crippen LogP contribution in [0.1, 0.15) is 42.9 Å². The molecule has 3 heteroatoms. The molecule has 1 aromatic heterocycles. The Labute approximate surface area is 103 Å². The molecule has 1 unspecified atom stereocenters. The van der Waals surface area contributed by atoms with Crippen LogP contribution in [-0.4, -0.2) is 18.2 Å². The number of aromatic nitrogens is 1. The summed E-state index contributed by atoms with van der Waals surface area (Å²) in [6.07, 6.45) is 11.0. The molecule has 94 valence electrons. The first-order valence-corrected chi connectivity index (χ1v) is 6.80. The fourth-order valence-electron chi connectivity index (χ4n) is 2.73. The summed E-state index contributed by atoms with van der Waals surface area (Å²) in [5.41, 5.74) is 2.99. The third kappa shape index (κ3) is 2.55. The second-order valence-electron chi connectivity index (χ2n) is 5.43. The monoisotopic (exact) mass is 234 g/mol. The quantitative estimate of drug-likeness (QED) is 0.847. The SMILES string of the molecule is CNC1CCCc2cn(COCC3CC3)cc21. The van der Waals surface area contributed by atoms with Crippen LogP contribution in [0.3, 0.4) is 0 Å². The van der Waals surface area contributed by atoms with Crippen LogP contribution in [0.15, 0.2) is 12.4 Å². The van der Waals surface area contributed by atoms with Crippen LogP contribution in [0, 0.1) is 5.92 Å². The molecule has 1 atom stereocenters. The number of rotatable bonds is 5. The van der Waals surface area contributed by atoms with E-state index in [1.165, 1.54) is 43.2 Å². The van der Waals surface area contributed by atoms with Crippen molar-refractivity contribution in [1.29, 1.82) is 0 Å². The molecule has 3 rings (SSSR count). The number of nitrogens with one attached hydrogen (secondary N) is 1. The van der Waals surface area contributed by atoms with E-state index in [1.54, 1.807) is 0 Å². The van der Waals surface area contributed by atoms with E-state index in [2.05, 4.69) is 29.3 Å². The van der Waals surface area contributed by atoms with Crippen LogP contribution in [0.4, 0.5) is 0 Å². The molecule has 0 bridgehead atoms. The highest BCUT2D eigenvalue weighted by atomic mass is 16.5. The van der Waals surface area contributed by atoms with Crippen molar-refractivity contribution >= 4 is 0 Å². The standard InChI is InChI=1S/C14H22N2O/c1-15-14-4-2-3-12-7-16(8-13(12)14)10-17-9-11-5-6-11/h7-8,11,14-15H,2-6,9-10H2,1H3. The third-order valence-electron chi connectivity index (χ3n) is 3.95. The Morgan fingerprint density at radius 3 is 3.00 bits per heavy atom. The van der Waals surface area contributed by atoms with Crippen LogP contribution in [-0.2, 0) is 17.9 Å². The highest BCUT2D eigenvalue weighted by Gasteiger charge is 2.22. The van der Waals surface area contributed by atoms with Crippen molar-refractivity contribution < 1.29 is 4.74 Å². The van der Waals surface area contributed by atoms with Gasteiger partial charge in [-0.1, -0.05) is 0 Å². The first kappa shape index (κ1) is 11.3. The zero-order valence-corrected chi connectivity index (χ0v) is 10.6. The van der Waals surface area contributed by atoms with Gasteiger partial charge in [-0.15, -0.1) is 0 Å².